The smallest absolute Gasteiger partial charge is 0.0838 e. The van der Waals surface area contributed by atoms with Crippen LogP contribution in [0.4, 0.5) is 0 Å². The van der Waals surface area contributed by atoms with Crippen LogP contribution in [0.25, 0.3) is 0 Å². The van der Waals surface area contributed by atoms with Crippen LogP contribution in [0.2, 0.25) is 0 Å². The Bertz CT molecular complexity index is 377. The van der Waals surface area contributed by atoms with E-state index in [1.807, 2.05) is 25.0 Å². The lowest BCUT2D eigenvalue weighted by Crippen LogP contribution is -2.54. The summed E-state index contributed by atoms with van der Waals surface area (Å²) in [5.41, 5.74) is 1.14. The van der Waals surface area contributed by atoms with Crippen molar-refractivity contribution in [2.75, 3.05) is 13.7 Å². The van der Waals surface area contributed by atoms with E-state index in [1.54, 1.807) is 0 Å². The van der Waals surface area contributed by atoms with E-state index in [4.69, 9.17) is 4.74 Å². The summed E-state index contributed by atoms with van der Waals surface area (Å²) >= 11 is 0. The van der Waals surface area contributed by atoms with Crippen molar-refractivity contribution in [3.63, 3.8) is 0 Å². The van der Waals surface area contributed by atoms with Crippen LogP contribution in [0.15, 0.2) is 12.3 Å². The predicted molar refractivity (Wildman–Crippen MR) is 77.2 cm³/mol. The molecule has 4 heteroatoms. The third kappa shape index (κ3) is 3.37. The zero-order chi connectivity index (χ0) is 13.7. The molecule has 1 atom stereocenters. The first-order valence-corrected chi connectivity index (χ1v) is 7.50. The maximum absolute atomic E-state index is 6.21. The van der Waals surface area contributed by atoms with Crippen LogP contribution in [0.5, 0.6) is 0 Å². The van der Waals surface area contributed by atoms with E-state index in [9.17, 15) is 0 Å². The van der Waals surface area contributed by atoms with Crippen molar-refractivity contribution in [3.05, 3.63) is 18.0 Å². The SMILES string of the molecule is CCOC1(C(Cc2ccn(C)n2)NC)CCCCC1. The third-order valence-electron chi connectivity index (χ3n) is 4.30. The lowest BCUT2D eigenvalue weighted by molar-refractivity contribution is -0.0885. The highest BCUT2D eigenvalue weighted by Crippen LogP contribution is 2.35. The molecule has 1 aliphatic rings. The summed E-state index contributed by atoms with van der Waals surface area (Å²) in [7, 11) is 4.01. The van der Waals surface area contributed by atoms with Crippen LogP contribution < -0.4 is 5.32 Å². The fourth-order valence-electron chi connectivity index (χ4n) is 3.36. The average Bonchev–Trinajstić information content (AvgIpc) is 2.83. The number of nitrogens with one attached hydrogen (secondary N) is 1. The molecule has 1 saturated carbocycles. The Hall–Kier alpha value is -0.870. The maximum atomic E-state index is 6.21. The Labute approximate surface area is 116 Å². The van der Waals surface area contributed by atoms with Gasteiger partial charge in [-0.1, -0.05) is 19.3 Å². The molecule has 0 aromatic carbocycles. The molecular formula is C15H27N3O. The van der Waals surface area contributed by atoms with Gasteiger partial charge in [-0.2, -0.15) is 5.10 Å². The molecule has 108 valence electrons. The molecule has 4 nitrogen and oxygen atoms in total. The van der Waals surface area contributed by atoms with Crippen molar-refractivity contribution in [1.82, 2.24) is 15.1 Å². The molecule has 0 saturated heterocycles. The number of rotatable bonds is 6. The van der Waals surface area contributed by atoms with Crippen LogP contribution in [-0.4, -0.2) is 35.1 Å². The van der Waals surface area contributed by atoms with Gasteiger partial charge in [-0.05, 0) is 32.9 Å². The Morgan fingerprint density at radius 2 is 2.16 bits per heavy atom. The highest BCUT2D eigenvalue weighted by Gasteiger charge is 2.40. The number of aromatic nitrogens is 2. The van der Waals surface area contributed by atoms with E-state index in [-0.39, 0.29) is 5.60 Å². The molecule has 1 unspecified atom stereocenters. The summed E-state index contributed by atoms with van der Waals surface area (Å²) in [5.74, 6) is 0. The van der Waals surface area contributed by atoms with E-state index < -0.39 is 0 Å². The van der Waals surface area contributed by atoms with Gasteiger partial charge in [0.2, 0.25) is 0 Å². The predicted octanol–water partition coefficient (Wildman–Crippen LogP) is 2.29. The molecule has 2 rings (SSSR count). The molecule has 19 heavy (non-hydrogen) atoms. The lowest BCUT2D eigenvalue weighted by Gasteiger charge is -2.43. The number of ether oxygens (including phenoxy) is 1. The van der Waals surface area contributed by atoms with Gasteiger partial charge in [-0.3, -0.25) is 4.68 Å². The largest absolute Gasteiger partial charge is 0.374 e. The summed E-state index contributed by atoms with van der Waals surface area (Å²) < 4.78 is 8.08. The molecule has 1 heterocycles. The van der Waals surface area contributed by atoms with Crippen molar-refractivity contribution in [1.29, 1.82) is 0 Å². The van der Waals surface area contributed by atoms with E-state index in [1.165, 1.54) is 32.1 Å². The van der Waals surface area contributed by atoms with E-state index >= 15 is 0 Å². The molecule has 1 N–H and O–H groups in total. The van der Waals surface area contributed by atoms with Gasteiger partial charge in [0, 0.05) is 32.3 Å². The molecule has 0 spiro atoms. The lowest BCUT2D eigenvalue weighted by atomic mass is 9.77. The Kier molecular flexibility index (Phi) is 4.99. The van der Waals surface area contributed by atoms with Gasteiger partial charge in [0.05, 0.1) is 11.3 Å². The Morgan fingerprint density at radius 1 is 1.42 bits per heavy atom. The monoisotopic (exact) mass is 265 g/mol. The van der Waals surface area contributed by atoms with Crippen molar-refractivity contribution >= 4 is 0 Å². The molecule has 0 bridgehead atoms. The van der Waals surface area contributed by atoms with E-state index in [2.05, 4.69) is 23.4 Å². The zero-order valence-corrected chi connectivity index (χ0v) is 12.5. The minimum atomic E-state index is -0.000723. The van der Waals surface area contributed by atoms with Crippen molar-refractivity contribution in [3.8, 4) is 0 Å². The van der Waals surface area contributed by atoms with Crippen LogP contribution in [0.1, 0.15) is 44.7 Å². The highest BCUT2D eigenvalue weighted by molar-refractivity contribution is 5.06. The van der Waals surface area contributed by atoms with E-state index in [0.29, 0.717) is 6.04 Å². The number of hydrogen-bond acceptors (Lipinski definition) is 3. The molecule has 0 aliphatic heterocycles. The minimum absolute atomic E-state index is 0.000723. The zero-order valence-electron chi connectivity index (χ0n) is 12.5. The maximum Gasteiger partial charge on any atom is 0.0838 e. The van der Waals surface area contributed by atoms with Crippen molar-refractivity contribution in [2.45, 2.75) is 57.1 Å². The van der Waals surface area contributed by atoms with E-state index in [0.717, 1.165) is 18.7 Å². The van der Waals surface area contributed by atoms with Crippen molar-refractivity contribution in [2.24, 2.45) is 7.05 Å². The van der Waals surface area contributed by atoms with Gasteiger partial charge in [-0.25, -0.2) is 0 Å². The molecular weight excluding hydrogens is 238 g/mol. The first-order chi connectivity index (χ1) is 9.20. The van der Waals surface area contributed by atoms with Crippen LogP contribution in [0.3, 0.4) is 0 Å². The molecule has 0 amide bonds. The topological polar surface area (TPSA) is 39.1 Å². The molecule has 1 aromatic rings. The molecule has 1 aromatic heterocycles. The van der Waals surface area contributed by atoms with Gasteiger partial charge in [-0.15, -0.1) is 0 Å². The number of aryl methyl sites for hydroxylation is 1. The summed E-state index contributed by atoms with van der Waals surface area (Å²) in [6, 6.07) is 2.45. The summed E-state index contributed by atoms with van der Waals surface area (Å²) in [6.45, 7) is 2.89. The van der Waals surface area contributed by atoms with Gasteiger partial charge >= 0.3 is 0 Å². The average molecular weight is 265 g/mol. The van der Waals surface area contributed by atoms with Crippen LogP contribution in [-0.2, 0) is 18.2 Å². The van der Waals surface area contributed by atoms with Gasteiger partial charge in [0.1, 0.15) is 0 Å². The molecule has 1 fully saturated rings. The fourth-order valence-corrected chi connectivity index (χ4v) is 3.36. The summed E-state index contributed by atoms with van der Waals surface area (Å²) in [5, 5.41) is 7.99. The second-order valence-electron chi connectivity index (χ2n) is 5.58. The van der Waals surface area contributed by atoms with Crippen LogP contribution in [0, 0.1) is 0 Å². The summed E-state index contributed by atoms with van der Waals surface area (Å²) in [4.78, 5) is 0. The quantitative estimate of drug-likeness (QED) is 0.858. The van der Waals surface area contributed by atoms with Gasteiger partial charge in [0.25, 0.3) is 0 Å². The normalized spacial score (nSPS) is 20.4. The minimum Gasteiger partial charge on any atom is -0.374 e. The Morgan fingerprint density at radius 3 is 2.68 bits per heavy atom. The molecule has 0 radical (unpaired) electrons. The first kappa shape index (κ1) is 14.5. The number of likely N-dealkylation sites (N-methyl/N-ethyl adjacent to an activating group) is 1. The Balaban J connectivity index is 2.12. The first-order valence-electron chi connectivity index (χ1n) is 7.50. The van der Waals surface area contributed by atoms with Gasteiger partial charge in [0.15, 0.2) is 0 Å². The highest BCUT2D eigenvalue weighted by atomic mass is 16.5. The third-order valence-corrected chi connectivity index (χ3v) is 4.30. The second kappa shape index (κ2) is 6.53. The fraction of sp³-hybridized carbons (Fsp3) is 0.800. The number of nitrogens with zero attached hydrogens (tertiary/aromatic N) is 2. The summed E-state index contributed by atoms with van der Waals surface area (Å²) in [6.07, 6.45) is 9.18. The molecule has 1 aliphatic carbocycles. The number of hydrogen-bond donors (Lipinski definition) is 1. The standard InChI is InChI=1S/C15H27N3O/c1-4-19-15(9-6-5-7-10-15)14(16-2)12-13-8-11-18(3)17-13/h8,11,14,16H,4-7,9-10,12H2,1-3H3. The van der Waals surface area contributed by atoms with Gasteiger partial charge < -0.3 is 10.1 Å². The van der Waals surface area contributed by atoms with Crippen molar-refractivity contribution < 1.29 is 4.74 Å². The van der Waals surface area contributed by atoms with Crippen LogP contribution >= 0.6 is 0 Å². The second-order valence-corrected chi connectivity index (χ2v) is 5.58.